The fourth-order valence-electron chi connectivity index (χ4n) is 2.86. The van der Waals surface area contributed by atoms with Gasteiger partial charge in [-0.3, -0.25) is 9.59 Å². The van der Waals surface area contributed by atoms with E-state index in [1.54, 1.807) is 22.9 Å². The van der Waals surface area contributed by atoms with Gasteiger partial charge in [0.15, 0.2) is 0 Å². The molecule has 1 aliphatic heterocycles. The second-order valence-corrected chi connectivity index (χ2v) is 5.86. The van der Waals surface area contributed by atoms with E-state index in [1.165, 1.54) is 0 Å². The van der Waals surface area contributed by atoms with Crippen LogP contribution in [0.5, 0.6) is 0 Å². The van der Waals surface area contributed by atoms with Crippen LogP contribution < -0.4 is 4.90 Å². The smallest absolute Gasteiger partial charge is 0.228 e. The zero-order valence-corrected chi connectivity index (χ0v) is 13.2. The maximum Gasteiger partial charge on any atom is 0.228 e. The van der Waals surface area contributed by atoms with Gasteiger partial charge in [0.1, 0.15) is 11.5 Å². The van der Waals surface area contributed by atoms with Crippen molar-refractivity contribution in [2.45, 2.75) is 19.9 Å². The van der Waals surface area contributed by atoms with E-state index in [2.05, 4.69) is 5.16 Å². The number of benzene rings is 1. The summed E-state index contributed by atoms with van der Waals surface area (Å²) in [5.41, 5.74) is 1.55. The number of hydrogen-bond acceptors (Lipinski definition) is 4. The molecule has 1 fully saturated rings. The Bertz CT molecular complexity index is 711. The summed E-state index contributed by atoms with van der Waals surface area (Å²) in [6, 6.07) is 11.2. The molecule has 120 valence electrons. The highest BCUT2D eigenvalue weighted by molar-refractivity contribution is 6.00. The summed E-state index contributed by atoms with van der Waals surface area (Å²) >= 11 is 0. The topological polar surface area (TPSA) is 66.7 Å². The van der Waals surface area contributed by atoms with E-state index < -0.39 is 0 Å². The molecule has 1 aromatic heterocycles. The zero-order chi connectivity index (χ0) is 16.4. The minimum atomic E-state index is -0.319. The van der Waals surface area contributed by atoms with Crippen LogP contribution in [0.3, 0.4) is 0 Å². The Morgan fingerprint density at radius 2 is 2.13 bits per heavy atom. The van der Waals surface area contributed by atoms with Crippen molar-refractivity contribution in [2.24, 2.45) is 5.92 Å². The molecule has 3 rings (SSSR count). The lowest BCUT2D eigenvalue weighted by Gasteiger charge is -2.20. The Labute approximate surface area is 134 Å². The normalized spacial score (nSPS) is 17.6. The van der Waals surface area contributed by atoms with Crippen molar-refractivity contribution in [3.8, 4) is 0 Å². The van der Waals surface area contributed by atoms with E-state index in [9.17, 15) is 9.59 Å². The summed E-state index contributed by atoms with van der Waals surface area (Å²) in [5, 5.41) is 3.90. The van der Waals surface area contributed by atoms with Crippen molar-refractivity contribution in [3.05, 3.63) is 47.9 Å². The van der Waals surface area contributed by atoms with Crippen molar-refractivity contribution < 1.29 is 14.1 Å². The highest BCUT2D eigenvalue weighted by Gasteiger charge is 2.36. The maximum absolute atomic E-state index is 12.6. The number of aryl methyl sites for hydroxylation is 1. The molecule has 6 heteroatoms. The van der Waals surface area contributed by atoms with Crippen LogP contribution in [0.1, 0.15) is 17.9 Å². The molecule has 0 N–H and O–H groups in total. The molecule has 1 aromatic carbocycles. The Balaban J connectivity index is 1.65. The Morgan fingerprint density at radius 3 is 2.78 bits per heavy atom. The fourth-order valence-corrected chi connectivity index (χ4v) is 2.86. The summed E-state index contributed by atoms with van der Waals surface area (Å²) < 4.78 is 5.01. The molecule has 0 aliphatic carbocycles. The first-order chi connectivity index (χ1) is 11.0. The van der Waals surface area contributed by atoms with Crippen LogP contribution in [0.4, 0.5) is 5.69 Å². The molecular weight excluding hydrogens is 294 g/mol. The standard InChI is InChI=1S/C17H19N3O3/c1-12-8-14(18-23-12)11-19(2)17(22)13-9-16(21)20(10-13)15-6-4-3-5-7-15/h3-8,13H,9-11H2,1-2H3/t13-/m0/s1. The lowest BCUT2D eigenvalue weighted by atomic mass is 10.1. The molecule has 0 bridgehead atoms. The second-order valence-electron chi connectivity index (χ2n) is 5.86. The summed E-state index contributed by atoms with van der Waals surface area (Å²) in [5.74, 6) is 0.338. The van der Waals surface area contributed by atoms with Gasteiger partial charge in [0.25, 0.3) is 0 Å². The van der Waals surface area contributed by atoms with Crippen LogP contribution in [0.25, 0.3) is 0 Å². The number of para-hydroxylation sites is 1. The third-order valence-electron chi connectivity index (χ3n) is 3.99. The second kappa shape index (κ2) is 6.24. The number of aromatic nitrogens is 1. The van der Waals surface area contributed by atoms with E-state index >= 15 is 0 Å². The summed E-state index contributed by atoms with van der Waals surface area (Å²) in [4.78, 5) is 28.0. The molecule has 2 heterocycles. The molecule has 0 spiro atoms. The molecule has 1 atom stereocenters. The lowest BCUT2D eigenvalue weighted by Crippen LogP contribution is -2.34. The van der Waals surface area contributed by atoms with Gasteiger partial charge >= 0.3 is 0 Å². The average Bonchev–Trinajstić information content (AvgIpc) is 3.13. The summed E-state index contributed by atoms with van der Waals surface area (Å²) in [6.07, 6.45) is 0.246. The third-order valence-corrected chi connectivity index (χ3v) is 3.99. The monoisotopic (exact) mass is 313 g/mol. The summed E-state index contributed by atoms with van der Waals surface area (Å²) in [7, 11) is 1.72. The predicted molar refractivity (Wildman–Crippen MR) is 84.6 cm³/mol. The molecular formula is C17H19N3O3. The van der Waals surface area contributed by atoms with Crippen molar-refractivity contribution in [1.29, 1.82) is 0 Å². The zero-order valence-electron chi connectivity index (χ0n) is 13.2. The molecule has 6 nitrogen and oxygen atoms in total. The van der Waals surface area contributed by atoms with Crippen molar-refractivity contribution >= 4 is 17.5 Å². The molecule has 0 unspecified atom stereocenters. The van der Waals surface area contributed by atoms with Gasteiger partial charge in [-0.2, -0.15) is 0 Å². The third kappa shape index (κ3) is 3.26. The summed E-state index contributed by atoms with van der Waals surface area (Å²) in [6.45, 7) is 2.61. The van der Waals surface area contributed by atoms with E-state index in [1.807, 2.05) is 37.3 Å². The maximum atomic E-state index is 12.6. The SMILES string of the molecule is Cc1cc(CN(C)C(=O)[C@H]2CC(=O)N(c3ccccc3)C2)no1. The van der Waals surface area contributed by atoms with E-state index in [0.717, 1.165) is 5.69 Å². The highest BCUT2D eigenvalue weighted by atomic mass is 16.5. The molecule has 1 saturated heterocycles. The van der Waals surface area contributed by atoms with Gasteiger partial charge < -0.3 is 14.3 Å². The highest BCUT2D eigenvalue weighted by Crippen LogP contribution is 2.26. The number of amides is 2. The van der Waals surface area contributed by atoms with Crippen LogP contribution >= 0.6 is 0 Å². The Hall–Kier alpha value is -2.63. The van der Waals surface area contributed by atoms with Gasteiger partial charge in [-0.1, -0.05) is 23.4 Å². The number of carbonyl (C=O) groups is 2. The lowest BCUT2D eigenvalue weighted by molar-refractivity contribution is -0.135. The van der Waals surface area contributed by atoms with Crippen LogP contribution in [0.2, 0.25) is 0 Å². The minimum Gasteiger partial charge on any atom is -0.361 e. The first kappa shape index (κ1) is 15.3. The number of carbonyl (C=O) groups excluding carboxylic acids is 2. The van der Waals surface area contributed by atoms with Gasteiger partial charge in [-0.25, -0.2) is 0 Å². The van der Waals surface area contributed by atoms with E-state index in [0.29, 0.717) is 24.5 Å². The van der Waals surface area contributed by atoms with Crippen LogP contribution in [-0.4, -0.2) is 35.5 Å². The number of nitrogens with zero attached hydrogens (tertiary/aromatic N) is 3. The number of anilines is 1. The van der Waals surface area contributed by atoms with Gasteiger partial charge in [0, 0.05) is 31.8 Å². The molecule has 2 amide bonds. The van der Waals surface area contributed by atoms with Crippen molar-refractivity contribution in [1.82, 2.24) is 10.1 Å². The number of hydrogen-bond donors (Lipinski definition) is 0. The Morgan fingerprint density at radius 1 is 1.39 bits per heavy atom. The van der Waals surface area contributed by atoms with Crippen molar-refractivity contribution in [2.75, 3.05) is 18.5 Å². The van der Waals surface area contributed by atoms with Crippen LogP contribution in [0, 0.1) is 12.8 Å². The van der Waals surface area contributed by atoms with E-state index in [4.69, 9.17) is 4.52 Å². The predicted octanol–water partition coefficient (Wildman–Crippen LogP) is 1.99. The molecule has 0 saturated carbocycles. The average molecular weight is 313 g/mol. The van der Waals surface area contributed by atoms with Gasteiger partial charge in [-0.15, -0.1) is 0 Å². The minimum absolute atomic E-state index is 0.0137. The number of rotatable bonds is 4. The molecule has 1 aliphatic rings. The van der Waals surface area contributed by atoms with Crippen molar-refractivity contribution in [3.63, 3.8) is 0 Å². The molecule has 2 aromatic rings. The van der Waals surface area contributed by atoms with Crippen LogP contribution in [0.15, 0.2) is 40.9 Å². The van der Waals surface area contributed by atoms with Gasteiger partial charge in [0.05, 0.1) is 12.5 Å². The largest absolute Gasteiger partial charge is 0.361 e. The van der Waals surface area contributed by atoms with Gasteiger partial charge in [0.2, 0.25) is 11.8 Å². The molecule has 23 heavy (non-hydrogen) atoms. The fraction of sp³-hybridized carbons (Fsp3) is 0.353. The van der Waals surface area contributed by atoms with Crippen LogP contribution in [-0.2, 0) is 16.1 Å². The van der Waals surface area contributed by atoms with Gasteiger partial charge in [-0.05, 0) is 19.1 Å². The molecule has 0 radical (unpaired) electrons. The first-order valence-corrected chi connectivity index (χ1v) is 7.57. The Kier molecular flexibility index (Phi) is 4.14. The first-order valence-electron chi connectivity index (χ1n) is 7.57. The van der Waals surface area contributed by atoms with E-state index in [-0.39, 0.29) is 24.2 Å². The quantitative estimate of drug-likeness (QED) is 0.866.